The highest BCUT2D eigenvalue weighted by molar-refractivity contribution is 14.0. The largest absolute Gasteiger partial charge is 0.477 e. The quantitative estimate of drug-likeness (QED) is 0.378. The number of guanidine groups is 1. The van der Waals surface area contributed by atoms with Gasteiger partial charge in [0.25, 0.3) is 0 Å². The summed E-state index contributed by atoms with van der Waals surface area (Å²) >= 11 is 0. The first kappa shape index (κ1) is 18.3. The summed E-state index contributed by atoms with van der Waals surface area (Å²) in [5, 5.41) is 6.70. The van der Waals surface area contributed by atoms with Gasteiger partial charge in [0.05, 0.1) is 13.2 Å². The molecular formula is C17H27IN4O. The summed E-state index contributed by atoms with van der Waals surface area (Å²) in [4.78, 5) is 8.91. The second-order valence-electron chi connectivity index (χ2n) is 6.28. The standard InChI is InChI=1S/C17H26N4O.HI/c1-2-18-17(20-10-13-3-4-13)21-11-15-7-8-19-16(9-15)22-12-14-5-6-14;/h7-9,13-14H,2-6,10-12H2,1H3,(H2,18,20,21);1H. The first-order valence-electron chi connectivity index (χ1n) is 8.43. The summed E-state index contributed by atoms with van der Waals surface area (Å²) in [5.74, 6) is 3.20. The first-order valence-corrected chi connectivity index (χ1v) is 8.43. The third-order valence-corrected chi connectivity index (χ3v) is 3.98. The second-order valence-corrected chi connectivity index (χ2v) is 6.28. The topological polar surface area (TPSA) is 58.5 Å². The van der Waals surface area contributed by atoms with E-state index in [2.05, 4.69) is 27.5 Å². The molecule has 1 heterocycles. The molecule has 23 heavy (non-hydrogen) atoms. The Morgan fingerprint density at radius 3 is 2.74 bits per heavy atom. The molecule has 0 spiro atoms. The number of nitrogens with zero attached hydrogens (tertiary/aromatic N) is 2. The summed E-state index contributed by atoms with van der Waals surface area (Å²) in [6.07, 6.45) is 7.08. The fourth-order valence-electron chi connectivity index (χ4n) is 2.19. The van der Waals surface area contributed by atoms with Crippen LogP contribution in [0, 0.1) is 11.8 Å². The van der Waals surface area contributed by atoms with E-state index in [1.165, 1.54) is 25.7 Å². The molecule has 2 saturated carbocycles. The number of hydrogen-bond donors (Lipinski definition) is 2. The minimum absolute atomic E-state index is 0. The minimum Gasteiger partial charge on any atom is -0.477 e. The molecule has 5 nitrogen and oxygen atoms in total. The molecule has 1 aromatic rings. The van der Waals surface area contributed by atoms with E-state index in [0.29, 0.717) is 6.54 Å². The van der Waals surface area contributed by atoms with E-state index in [1.807, 2.05) is 12.1 Å². The molecule has 0 aliphatic heterocycles. The first-order chi connectivity index (χ1) is 10.8. The van der Waals surface area contributed by atoms with Gasteiger partial charge in [0.1, 0.15) is 0 Å². The molecule has 1 aromatic heterocycles. The average Bonchev–Trinajstić information content (AvgIpc) is 3.43. The van der Waals surface area contributed by atoms with Gasteiger partial charge < -0.3 is 15.4 Å². The summed E-state index contributed by atoms with van der Waals surface area (Å²) in [7, 11) is 0. The molecule has 0 radical (unpaired) electrons. The lowest BCUT2D eigenvalue weighted by molar-refractivity contribution is 0.288. The van der Waals surface area contributed by atoms with Crippen molar-refractivity contribution in [3.05, 3.63) is 23.9 Å². The van der Waals surface area contributed by atoms with Crippen LogP contribution in [0.1, 0.15) is 38.2 Å². The van der Waals surface area contributed by atoms with Crippen molar-refractivity contribution in [2.75, 3.05) is 19.7 Å². The van der Waals surface area contributed by atoms with Gasteiger partial charge in [-0.05, 0) is 56.1 Å². The van der Waals surface area contributed by atoms with Crippen molar-refractivity contribution in [2.45, 2.75) is 39.2 Å². The van der Waals surface area contributed by atoms with Crippen molar-refractivity contribution < 1.29 is 4.74 Å². The van der Waals surface area contributed by atoms with Gasteiger partial charge in [0.2, 0.25) is 5.88 Å². The maximum absolute atomic E-state index is 5.72. The Kier molecular flexibility index (Phi) is 7.39. The molecule has 6 heteroatoms. The highest BCUT2D eigenvalue weighted by Crippen LogP contribution is 2.29. The number of halogens is 1. The van der Waals surface area contributed by atoms with Crippen molar-refractivity contribution in [3.63, 3.8) is 0 Å². The molecule has 128 valence electrons. The Labute approximate surface area is 155 Å². The molecule has 2 aliphatic carbocycles. The number of hydrogen-bond acceptors (Lipinski definition) is 3. The predicted molar refractivity (Wildman–Crippen MR) is 103 cm³/mol. The fraction of sp³-hybridized carbons (Fsp3) is 0.647. The molecule has 0 bridgehead atoms. The number of aliphatic imine (C=N–C) groups is 1. The molecule has 3 rings (SSSR count). The van der Waals surface area contributed by atoms with E-state index >= 15 is 0 Å². The molecule has 0 amide bonds. The van der Waals surface area contributed by atoms with Gasteiger partial charge >= 0.3 is 0 Å². The maximum atomic E-state index is 5.72. The van der Waals surface area contributed by atoms with E-state index in [0.717, 1.165) is 48.9 Å². The van der Waals surface area contributed by atoms with Gasteiger partial charge in [0.15, 0.2) is 5.96 Å². The highest BCUT2D eigenvalue weighted by Gasteiger charge is 2.22. The Bertz CT molecular complexity index is 515. The zero-order chi connectivity index (χ0) is 15.2. The number of nitrogens with one attached hydrogen (secondary N) is 2. The lowest BCUT2D eigenvalue weighted by Crippen LogP contribution is -2.38. The van der Waals surface area contributed by atoms with Gasteiger partial charge in [0, 0.05) is 25.4 Å². The second kappa shape index (κ2) is 9.30. The average molecular weight is 430 g/mol. The van der Waals surface area contributed by atoms with Crippen LogP contribution >= 0.6 is 24.0 Å². The highest BCUT2D eigenvalue weighted by atomic mass is 127. The lowest BCUT2D eigenvalue weighted by Gasteiger charge is -2.11. The van der Waals surface area contributed by atoms with Crippen LogP contribution < -0.4 is 15.4 Å². The zero-order valence-corrected chi connectivity index (χ0v) is 16.1. The monoisotopic (exact) mass is 430 g/mol. The van der Waals surface area contributed by atoms with Crippen LogP contribution in [0.4, 0.5) is 0 Å². The Hall–Kier alpha value is -1.05. The normalized spacial score (nSPS) is 17.3. The van der Waals surface area contributed by atoms with E-state index < -0.39 is 0 Å². The predicted octanol–water partition coefficient (Wildman–Crippen LogP) is 2.95. The number of aromatic nitrogens is 1. The van der Waals surface area contributed by atoms with Crippen molar-refractivity contribution >= 4 is 29.9 Å². The summed E-state index contributed by atoms with van der Waals surface area (Å²) in [5.41, 5.74) is 1.13. The number of pyridine rings is 1. The summed E-state index contributed by atoms with van der Waals surface area (Å²) in [6.45, 7) is 5.43. The fourth-order valence-corrected chi connectivity index (χ4v) is 2.19. The maximum Gasteiger partial charge on any atom is 0.213 e. The summed E-state index contributed by atoms with van der Waals surface area (Å²) in [6, 6.07) is 3.99. The molecular weight excluding hydrogens is 403 g/mol. The van der Waals surface area contributed by atoms with Gasteiger partial charge in [-0.1, -0.05) is 0 Å². The van der Waals surface area contributed by atoms with Crippen LogP contribution in [0.15, 0.2) is 23.3 Å². The third kappa shape index (κ3) is 6.93. The zero-order valence-electron chi connectivity index (χ0n) is 13.8. The molecule has 0 atom stereocenters. The van der Waals surface area contributed by atoms with E-state index in [9.17, 15) is 0 Å². The van der Waals surface area contributed by atoms with E-state index in [1.54, 1.807) is 6.20 Å². The van der Waals surface area contributed by atoms with Crippen LogP contribution in [-0.2, 0) is 6.54 Å². The molecule has 0 unspecified atom stereocenters. The molecule has 2 N–H and O–H groups in total. The number of ether oxygens (including phenoxy) is 1. The van der Waals surface area contributed by atoms with Crippen LogP contribution in [0.3, 0.4) is 0 Å². The number of rotatable bonds is 8. The van der Waals surface area contributed by atoms with Crippen LogP contribution in [-0.4, -0.2) is 30.6 Å². The van der Waals surface area contributed by atoms with Gasteiger partial charge in [-0.3, -0.25) is 0 Å². The van der Waals surface area contributed by atoms with E-state index in [-0.39, 0.29) is 24.0 Å². The van der Waals surface area contributed by atoms with Gasteiger partial charge in [-0.25, -0.2) is 9.98 Å². The minimum atomic E-state index is 0. The van der Waals surface area contributed by atoms with Gasteiger partial charge in [-0.15, -0.1) is 24.0 Å². The van der Waals surface area contributed by atoms with Crippen molar-refractivity contribution in [1.82, 2.24) is 15.6 Å². The van der Waals surface area contributed by atoms with Crippen LogP contribution in [0.25, 0.3) is 0 Å². The summed E-state index contributed by atoms with van der Waals surface area (Å²) < 4.78 is 5.72. The van der Waals surface area contributed by atoms with Crippen molar-refractivity contribution in [2.24, 2.45) is 16.8 Å². The Morgan fingerprint density at radius 1 is 1.26 bits per heavy atom. The SMILES string of the molecule is CCNC(=NCc1ccnc(OCC2CC2)c1)NCC1CC1.I. The molecule has 0 saturated heterocycles. The van der Waals surface area contributed by atoms with Crippen LogP contribution in [0.5, 0.6) is 5.88 Å². The van der Waals surface area contributed by atoms with Crippen molar-refractivity contribution in [3.8, 4) is 5.88 Å². The molecule has 2 aliphatic rings. The van der Waals surface area contributed by atoms with Crippen LogP contribution in [0.2, 0.25) is 0 Å². The lowest BCUT2D eigenvalue weighted by atomic mass is 10.3. The molecule has 0 aromatic carbocycles. The Morgan fingerprint density at radius 2 is 2.04 bits per heavy atom. The molecule has 2 fully saturated rings. The Balaban J connectivity index is 0.00000192. The van der Waals surface area contributed by atoms with Crippen molar-refractivity contribution in [1.29, 1.82) is 0 Å². The smallest absolute Gasteiger partial charge is 0.213 e. The van der Waals surface area contributed by atoms with E-state index in [4.69, 9.17) is 4.74 Å². The van der Waals surface area contributed by atoms with Gasteiger partial charge in [-0.2, -0.15) is 0 Å². The third-order valence-electron chi connectivity index (χ3n) is 3.98.